The lowest BCUT2D eigenvalue weighted by molar-refractivity contribution is -0.137. The number of anilines is 1. The van der Waals surface area contributed by atoms with Gasteiger partial charge in [-0.1, -0.05) is 72.8 Å². The zero-order chi connectivity index (χ0) is 28.5. The number of hydrogen-bond donors (Lipinski definition) is 0. The third-order valence-electron chi connectivity index (χ3n) is 7.61. The second-order valence-corrected chi connectivity index (χ2v) is 10.1. The van der Waals surface area contributed by atoms with Crippen molar-refractivity contribution in [2.45, 2.75) is 13.1 Å². The first-order valence-corrected chi connectivity index (χ1v) is 13.0. The molecule has 2 amide bonds. The van der Waals surface area contributed by atoms with Crippen molar-refractivity contribution in [2.24, 2.45) is 0 Å². The molecule has 0 saturated heterocycles. The van der Waals surface area contributed by atoms with Crippen LogP contribution in [-0.4, -0.2) is 16.4 Å². The summed E-state index contributed by atoms with van der Waals surface area (Å²) < 4.78 is 43.1. The Morgan fingerprint density at radius 1 is 0.610 bits per heavy atom. The molecule has 7 heteroatoms. The van der Waals surface area contributed by atoms with Crippen molar-refractivity contribution in [1.82, 2.24) is 4.57 Å². The van der Waals surface area contributed by atoms with Gasteiger partial charge in [-0.15, -0.1) is 0 Å². The van der Waals surface area contributed by atoms with E-state index in [0.29, 0.717) is 33.4 Å². The molecule has 4 nitrogen and oxygen atoms in total. The molecular formula is C34H21F3N2O2. The number of benzene rings is 5. The van der Waals surface area contributed by atoms with Crippen molar-refractivity contribution in [3.8, 4) is 16.8 Å². The lowest BCUT2D eigenvalue weighted by Gasteiger charge is -2.19. The summed E-state index contributed by atoms with van der Waals surface area (Å²) in [5, 5.41) is 1.37. The van der Waals surface area contributed by atoms with Crippen LogP contribution in [0.1, 0.15) is 31.8 Å². The molecular weight excluding hydrogens is 525 g/mol. The number of amides is 2. The first-order valence-electron chi connectivity index (χ1n) is 13.0. The molecule has 1 aliphatic rings. The van der Waals surface area contributed by atoms with Crippen LogP contribution < -0.4 is 4.90 Å². The molecule has 6 aromatic rings. The van der Waals surface area contributed by atoms with Gasteiger partial charge in [-0.05, 0) is 54.4 Å². The molecule has 0 atom stereocenters. The van der Waals surface area contributed by atoms with Gasteiger partial charge in [0.15, 0.2) is 0 Å². The largest absolute Gasteiger partial charge is 0.416 e. The minimum atomic E-state index is -4.55. The summed E-state index contributed by atoms with van der Waals surface area (Å²) in [5.74, 6) is -1.01. The number of imide groups is 1. The Morgan fingerprint density at radius 2 is 1.24 bits per heavy atom. The highest BCUT2D eigenvalue weighted by molar-refractivity contribution is 6.36. The predicted octanol–water partition coefficient (Wildman–Crippen LogP) is 8.58. The number of halogens is 3. The average Bonchev–Trinajstić information content (AvgIpc) is 3.43. The van der Waals surface area contributed by atoms with E-state index in [4.69, 9.17) is 0 Å². The van der Waals surface area contributed by atoms with Crippen LogP contribution in [0.2, 0.25) is 0 Å². The van der Waals surface area contributed by atoms with Crippen molar-refractivity contribution >= 4 is 39.3 Å². The maximum Gasteiger partial charge on any atom is 0.416 e. The van der Waals surface area contributed by atoms with E-state index < -0.39 is 23.6 Å². The maximum absolute atomic E-state index is 14.2. The van der Waals surface area contributed by atoms with Crippen LogP contribution >= 0.6 is 0 Å². The molecule has 0 unspecified atom stereocenters. The number of fused-ring (bicyclic) bond motifs is 4. The van der Waals surface area contributed by atoms with Crippen LogP contribution in [0, 0.1) is 6.92 Å². The van der Waals surface area contributed by atoms with Gasteiger partial charge >= 0.3 is 6.18 Å². The van der Waals surface area contributed by atoms with E-state index in [9.17, 15) is 22.8 Å². The summed E-state index contributed by atoms with van der Waals surface area (Å²) in [7, 11) is 0. The number of hydrogen-bond acceptors (Lipinski definition) is 2. The van der Waals surface area contributed by atoms with Gasteiger partial charge in [0.05, 0.1) is 39.1 Å². The molecule has 0 N–H and O–H groups in total. The molecule has 0 fully saturated rings. The highest BCUT2D eigenvalue weighted by Gasteiger charge is 2.40. The zero-order valence-electron chi connectivity index (χ0n) is 21.7. The minimum Gasteiger partial charge on any atom is -0.308 e. The minimum absolute atomic E-state index is 0.151. The van der Waals surface area contributed by atoms with Crippen LogP contribution in [0.15, 0.2) is 109 Å². The summed E-state index contributed by atoms with van der Waals surface area (Å²) in [6, 6.07) is 30.9. The van der Waals surface area contributed by atoms with E-state index >= 15 is 0 Å². The molecule has 0 bridgehead atoms. The molecule has 0 aliphatic carbocycles. The summed E-state index contributed by atoms with van der Waals surface area (Å²) in [6.45, 7) is 1.90. The number of carbonyl (C=O) groups is 2. The number of para-hydroxylation sites is 1. The third kappa shape index (κ3) is 3.77. The van der Waals surface area contributed by atoms with Crippen LogP contribution in [0.4, 0.5) is 18.9 Å². The van der Waals surface area contributed by atoms with Gasteiger partial charge in [0.2, 0.25) is 0 Å². The Morgan fingerprint density at radius 3 is 2.00 bits per heavy atom. The van der Waals surface area contributed by atoms with Gasteiger partial charge in [0, 0.05) is 16.3 Å². The average molecular weight is 547 g/mol. The molecule has 41 heavy (non-hydrogen) atoms. The fraction of sp³-hybridized carbons (Fsp3) is 0.0588. The van der Waals surface area contributed by atoms with Gasteiger partial charge in [0.25, 0.3) is 11.8 Å². The van der Waals surface area contributed by atoms with E-state index in [1.54, 1.807) is 34.9 Å². The highest BCUT2D eigenvalue weighted by atomic mass is 19.4. The monoisotopic (exact) mass is 546 g/mol. The Balaban J connectivity index is 1.48. The predicted molar refractivity (Wildman–Crippen MR) is 154 cm³/mol. The van der Waals surface area contributed by atoms with Crippen molar-refractivity contribution < 1.29 is 22.8 Å². The smallest absolute Gasteiger partial charge is 0.308 e. The van der Waals surface area contributed by atoms with Gasteiger partial charge in [-0.3, -0.25) is 9.59 Å². The van der Waals surface area contributed by atoms with Crippen molar-refractivity contribution in [3.63, 3.8) is 0 Å². The number of rotatable bonds is 3. The zero-order valence-corrected chi connectivity index (χ0v) is 21.7. The second-order valence-electron chi connectivity index (χ2n) is 10.1. The first kappa shape index (κ1) is 24.8. The van der Waals surface area contributed by atoms with Gasteiger partial charge in [-0.25, -0.2) is 4.90 Å². The quantitative estimate of drug-likeness (QED) is 0.209. The molecule has 7 rings (SSSR count). The normalized spacial score (nSPS) is 13.4. The molecule has 1 aliphatic heterocycles. The third-order valence-corrected chi connectivity index (χ3v) is 7.61. The molecule has 200 valence electrons. The summed E-state index contributed by atoms with van der Waals surface area (Å²) >= 11 is 0. The van der Waals surface area contributed by atoms with E-state index in [1.165, 1.54) is 6.07 Å². The molecule has 0 radical (unpaired) electrons. The molecule has 0 spiro atoms. The van der Waals surface area contributed by atoms with E-state index in [-0.39, 0.29) is 11.1 Å². The number of aromatic nitrogens is 1. The molecule has 5 aromatic carbocycles. The maximum atomic E-state index is 14.2. The summed E-state index contributed by atoms with van der Waals surface area (Å²) in [5.41, 5.74) is 3.77. The fourth-order valence-corrected chi connectivity index (χ4v) is 5.77. The van der Waals surface area contributed by atoms with Crippen LogP contribution in [0.25, 0.3) is 38.6 Å². The number of aryl methyl sites for hydroxylation is 1. The first-order chi connectivity index (χ1) is 19.7. The van der Waals surface area contributed by atoms with Crippen molar-refractivity contribution in [3.05, 3.63) is 131 Å². The summed E-state index contributed by atoms with van der Waals surface area (Å²) in [6.07, 6.45) is -4.55. The SMILES string of the molecule is Cc1ccc2c3ccc(C(F)(F)F)cc3n(-c3cccc4c3C(=O)N(c3ccccc3-c3ccccc3)C4=O)c2c1. The summed E-state index contributed by atoms with van der Waals surface area (Å²) in [4.78, 5) is 29.2. The van der Waals surface area contributed by atoms with Crippen molar-refractivity contribution in [1.29, 1.82) is 0 Å². The van der Waals surface area contributed by atoms with Crippen LogP contribution in [0.5, 0.6) is 0 Å². The van der Waals surface area contributed by atoms with Crippen LogP contribution in [-0.2, 0) is 6.18 Å². The lowest BCUT2D eigenvalue weighted by Crippen LogP contribution is -2.30. The van der Waals surface area contributed by atoms with E-state index in [2.05, 4.69) is 0 Å². The van der Waals surface area contributed by atoms with E-state index in [1.807, 2.05) is 67.6 Å². The molecule has 1 aromatic heterocycles. The Kier molecular flexibility index (Phi) is 5.41. The highest BCUT2D eigenvalue weighted by Crippen LogP contribution is 2.41. The second kappa shape index (κ2) is 8.93. The topological polar surface area (TPSA) is 42.3 Å². The molecule has 2 heterocycles. The van der Waals surface area contributed by atoms with Gasteiger partial charge < -0.3 is 4.57 Å². The Hall–Kier alpha value is -5.17. The Bertz CT molecular complexity index is 2040. The Labute approximate surface area is 232 Å². The molecule has 0 saturated carbocycles. The standard InChI is InChI=1S/C34H21F3N2O2/c1-20-14-16-24-25-17-15-22(34(35,36)37)19-30(25)38(29(24)18-20)28-13-7-11-26-31(28)33(41)39(32(26)40)27-12-6-5-10-23(27)21-8-3-2-4-9-21/h2-19H,1H3. The fourth-order valence-electron chi connectivity index (χ4n) is 5.77. The van der Waals surface area contributed by atoms with Gasteiger partial charge in [0.1, 0.15) is 0 Å². The number of nitrogens with zero attached hydrogens (tertiary/aromatic N) is 2. The number of alkyl halides is 3. The van der Waals surface area contributed by atoms with Gasteiger partial charge in [-0.2, -0.15) is 13.2 Å². The van der Waals surface area contributed by atoms with E-state index in [0.717, 1.165) is 33.5 Å². The van der Waals surface area contributed by atoms with Crippen LogP contribution in [0.3, 0.4) is 0 Å². The van der Waals surface area contributed by atoms with Crippen molar-refractivity contribution in [2.75, 3.05) is 4.90 Å². The number of carbonyl (C=O) groups excluding carboxylic acids is 2. The lowest BCUT2D eigenvalue weighted by atomic mass is 10.0.